The summed E-state index contributed by atoms with van der Waals surface area (Å²) in [5.74, 6) is -0.482. The van der Waals surface area contributed by atoms with Crippen LogP contribution in [0.4, 0.5) is 0 Å². The number of primary sulfonamides is 1. The highest BCUT2D eigenvalue weighted by Crippen LogP contribution is 2.19. The minimum Gasteiger partial charge on any atom is -0.383 e. The molecular weight excluding hydrogens is 284 g/mol. The molecule has 0 radical (unpaired) electrons. The lowest BCUT2D eigenvalue weighted by Gasteiger charge is -2.19. The topological polar surface area (TPSA) is 118 Å². The molecule has 20 heavy (non-hydrogen) atoms. The first kappa shape index (κ1) is 16.6. The highest BCUT2D eigenvalue weighted by Gasteiger charge is 2.29. The van der Waals surface area contributed by atoms with Crippen LogP contribution in [0.1, 0.15) is 30.0 Å². The van der Waals surface area contributed by atoms with E-state index in [1.165, 1.54) is 12.0 Å². The van der Waals surface area contributed by atoms with Gasteiger partial charge in [-0.05, 0) is 13.3 Å². The number of nitrogens with zero attached hydrogens (tertiary/aromatic N) is 2. The molecule has 0 spiro atoms. The number of amides is 1. The molecule has 0 saturated carbocycles. The van der Waals surface area contributed by atoms with E-state index < -0.39 is 15.9 Å². The smallest absolute Gasteiger partial charge is 0.275 e. The van der Waals surface area contributed by atoms with Crippen molar-refractivity contribution in [1.29, 1.82) is 0 Å². The third-order valence-electron chi connectivity index (χ3n) is 2.87. The average Bonchev–Trinajstić information content (AvgIpc) is 2.83. The molecule has 114 valence electrons. The molecule has 0 aliphatic rings. The molecule has 0 aromatic carbocycles. The first-order chi connectivity index (χ1) is 9.36. The van der Waals surface area contributed by atoms with Crippen LogP contribution < -0.4 is 5.14 Å². The quantitative estimate of drug-likeness (QED) is 0.718. The number of likely N-dealkylation sites (N-methyl/N-ethyl adjacent to an activating group) is 1. The van der Waals surface area contributed by atoms with E-state index in [0.29, 0.717) is 31.8 Å². The molecule has 0 saturated heterocycles. The van der Waals surface area contributed by atoms with Crippen LogP contribution in [0.25, 0.3) is 0 Å². The van der Waals surface area contributed by atoms with Crippen LogP contribution in [0.5, 0.6) is 0 Å². The Labute approximate surface area is 118 Å². The van der Waals surface area contributed by atoms with Gasteiger partial charge in [-0.15, -0.1) is 0 Å². The molecule has 1 aromatic rings. The number of hydrogen-bond donors (Lipinski definition) is 2. The van der Waals surface area contributed by atoms with Gasteiger partial charge in [0.25, 0.3) is 5.91 Å². The number of aromatic amines is 1. The summed E-state index contributed by atoms with van der Waals surface area (Å²) in [7, 11) is -2.49. The Morgan fingerprint density at radius 2 is 2.10 bits per heavy atom. The van der Waals surface area contributed by atoms with Crippen molar-refractivity contribution in [1.82, 2.24) is 15.1 Å². The van der Waals surface area contributed by atoms with Gasteiger partial charge in [0.15, 0.2) is 5.69 Å². The van der Waals surface area contributed by atoms with E-state index >= 15 is 0 Å². The van der Waals surface area contributed by atoms with Gasteiger partial charge in [-0.1, -0.05) is 6.92 Å². The van der Waals surface area contributed by atoms with Gasteiger partial charge in [0, 0.05) is 20.2 Å². The van der Waals surface area contributed by atoms with E-state index in [9.17, 15) is 13.2 Å². The maximum atomic E-state index is 12.3. The van der Waals surface area contributed by atoms with Gasteiger partial charge < -0.3 is 9.64 Å². The zero-order valence-electron chi connectivity index (χ0n) is 11.8. The van der Waals surface area contributed by atoms with Gasteiger partial charge in [0.05, 0.1) is 12.3 Å². The lowest BCUT2D eigenvalue weighted by atomic mass is 10.2. The largest absolute Gasteiger partial charge is 0.383 e. The second-order valence-electron chi connectivity index (χ2n) is 4.16. The third kappa shape index (κ3) is 3.56. The number of nitrogens with one attached hydrogen (secondary N) is 1. The SMILES string of the molecule is CCc1[nH]nc(C(=O)N(CC)CCOC)c1S(N)(=O)=O. The van der Waals surface area contributed by atoms with Gasteiger partial charge in [-0.3, -0.25) is 9.89 Å². The molecule has 0 aliphatic heterocycles. The Balaban J connectivity index is 3.19. The van der Waals surface area contributed by atoms with E-state index in [2.05, 4.69) is 10.2 Å². The highest BCUT2D eigenvalue weighted by molar-refractivity contribution is 7.89. The van der Waals surface area contributed by atoms with Crippen molar-refractivity contribution in [2.75, 3.05) is 26.8 Å². The molecule has 0 fully saturated rings. The molecule has 0 aliphatic carbocycles. The fourth-order valence-electron chi connectivity index (χ4n) is 1.81. The maximum Gasteiger partial charge on any atom is 0.275 e. The fraction of sp³-hybridized carbons (Fsp3) is 0.636. The summed E-state index contributed by atoms with van der Waals surface area (Å²) in [6, 6.07) is 0. The van der Waals surface area contributed by atoms with E-state index in [4.69, 9.17) is 9.88 Å². The van der Waals surface area contributed by atoms with Gasteiger partial charge in [-0.2, -0.15) is 5.10 Å². The maximum absolute atomic E-state index is 12.3. The Morgan fingerprint density at radius 3 is 2.55 bits per heavy atom. The van der Waals surface area contributed by atoms with Crippen LogP contribution in [-0.4, -0.2) is 56.2 Å². The van der Waals surface area contributed by atoms with Crippen LogP contribution >= 0.6 is 0 Å². The second kappa shape index (κ2) is 6.82. The fourth-order valence-corrected chi connectivity index (χ4v) is 2.75. The average molecular weight is 304 g/mol. The van der Waals surface area contributed by atoms with Crippen molar-refractivity contribution in [3.63, 3.8) is 0 Å². The molecule has 1 amide bonds. The van der Waals surface area contributed by atoms with E-state index in [0.717, 1.165) is 0 Å². The summed E-state index contributed by atoms with van der Waals surface area (Å²) in [5, 5.41) is 11.5. The number of carbonyl (C=O) groups is 1. The Hall–Kier alpha value is -1.45. The Morgan fingerprint density at radius 1 is 1.45 bits per heavy atom. The van der Waals surface area contributed by atoms with Crippen LogP contribution in [0.2, 0.25) is 0 Å². The lowest BCUT2D eigenvalue weighted by Crippen LogP contribution is -2.35. The molecule has 1 aromatic heterocycles. The minimum absolute atomic E-state index is 0.165. The van der Waals surface area contributed by atoms with E-state index in [1.54, 1.807) is 13.8 Å². The van der Waals surface area contributed by atoms with Crippen LogP contribution in [0, 0.1) is 0 Å². The number of methoxy groups -OCH3 is 1. The van der Waals surface area contributed by atoms with Crippen molar-refractivity contribution < 1.29 is 17.9 Å². The van der Waals surface area contributed by atoms with Gasteiger partial charge in [0.2, 0.25) is 10.0 Å². The molecule has 1 heterocycles. The van der Waals surface area contributed by atoms with E-state index in [1.807, 2.05) is 0 Å². The summed E-state index contributed by atoms with van der Waals surface area (Å²) in [6.45, 7) is 4.66. The number of rotatable bonds is 7. The summed E-state index contributed by atoms with van der Waals surface area (Å²) in [4.78, 5) is 13.6. The summed E-state index contributed by atoms with van der Waals surface area (Å²) in [6.07, 6.45) is 0.385. The van der Waals surface area contributed by atoms with Crippen molar-refractivity contribution in [2.24, 2.45) is 5.14 Å². The van der Waals surface area contributed by atoms with Crippen LogP contribution in [-0.2, 0) is 21.2 Å². The van der Waals surface area contributed by atoms with Crippen molar-refractivity contribution >= 4 is 15.9 Å². The molecule has 8 nitrogen and oxygen atoms in total. The number of sulfonamides is 1. The normalized spacial score (nSPS) is 11.6. The number of aromatic nitrogens is 2. The standard InChI is InChI=1S/C11H20N4O4S/c1-4-8-10(20(12,17)18)9(14-13-8)11(16)15(5-2)6-7-19-3/h4-7H2,1-3H3,(H,13,14)(H2,12,17,18). The third-order valence-corrected chi connectivity index (χ3v) is 3.88. The monoisotopic (exact) mass is 304 g/mol. The predicted octanol–water partition coefficient (Wildman–Crippen LogP) is -0.272. The molecule has 0 bridgehead atoms. The van der Waals surface area contributed by atoms with Crippen molar-refractivity contribution in [2.45, 2.75) is 25.2 Å². The molecule has 1 rings (SSSR count). The number of ether oxygens (including phenoxy) is 1. The first-order valence-corrected chi connectivity index (χ1v) is 7.79. The molecule has 3 N–H and O–H groups in total. The molecule has 9 heteroatoms. The van der Waals surface area contributed by atoms with Crippen LogP contribution in [0.3, 0.4) is 0 Å². The molecular formula is C11H20N4O4S. The van der Waals surface area contributed by atoms with Crippen molar-refractivity contribution in [3.05, 3.63) is 11.4 Å². The number of carbonyl (C=O) groups excluding carboxylic acids is 1. The zero-order chi connectivity index (χ0) is 15.3. The predicted molar refractivity (Wildman–Crippen MR) is 72.8 cm³/mol. The number of H-pyrrole nitrogens is 1. The van der Waals surface area contributed by atoms with Crippen molar-refractivity contribution in [3.8, 4) is 0 Å². The Kier molecular flexibility index (Phi) is 5.66. The highest BCUT2D eigenvalue weighted by atomic mass is 32.2. The molecule has 0 unspecified atom stereocenters. The van der Waals surface area contributed by atoms with Crippen LogP contribution in [0.15, 0.2) is 4.90 Å². The molecule has 0 atom stereocenters. The summed E-state index contributed by atoms with van der Waals surface area (Å²) >= 11 is 0. The lowest BCUT2D eigenvalue weighted by molar-refractivity contribution is 0.0697. The number of nitrogens with two attached hydrogens (primary N) is 1. The first-order valence-electron chi connectivity index (χ1n) is 6.25. The summed E-state index contributed by atoms with van der Waals surface area (Å²) in [5.41, 5.74) is 0.168. The minimum atomic E-state index is -4.01. The van der Waals surface area contributed by atoms with Gasteiger partial charge in [0.1, 0.15) is 4.90 Å². The van der Waals surface area contributed by atoms with E-state index in [-0.39, 0.29) is 10.6 Å². The number of aryl methyl sites for hydroxylation is 1. The van der Waals surface area contributed by atoms with Gasteiger partial charge >= 0.3 is 0 Å². The Bertz CT molecular complexity index is 567. The zero-order valence-corrected chi connectivity index (χ0v) is 12.7. The number of hydrogen-bond acceptors (Lipinski definition) is 5. The summed E-state index contributed by atoms with van der Waals surface area (Å²) < 4.78 is 28.2. The van der Waals surface area contributed by atoms with Gasteiger partial charge in [-0.25, -0.2) is 13.6 Å². The second-order valence-corrected chi connectivity index (χ2v) is 5.65.